The Hall–Kier alpha value is -1.88. The molecule has 1 aromatic rings. The Kier molecular flexibility index (Phi) is 6.01. The Morgan fingerprint density at radius 1 is 1.16 bits per heavy atom. The molecule has 0 atom stereocenters. The highest BCUT2D eigenvalue weighted by atomic mass is 28.3. The van der Waals surface area contributed by atoms with Gasteiger partial charge < -0.3 is 8.85 Å². The van der Waals surface area contributed by atoms with Crippen LogP contribution in [0.1, 0.15) is 32.3 Å². The van der Waals surface area contributed by atoms with Crippen LogP contribution in [0.25, 0.3) is 6.08 Å². The van der Waals surface area contributed by atoms with Crippen molar-refractivity contribution in [2.75, 3.05) is 0 Å². The first kappa shape index (κ1) is 15.2. The predicted molar refractivity (Wildman–Crippen MR) is 76.1 cm³/mol. The fraction of sp³-hybridized carbons (Fsp3) is 0.286. The molecule has 0 unspecified atom stereocenters. The standard InChI is InChI=1S/C14H18O4Si/c1-4-11-9-7-8-10-12(11)19(17-13(15)5-2)18-14(16)6-3/h4,7-10,19H,1,5-6H2,2-3H3. The monoisotopic (exact) mass is 278 g/mol. The van der Waals surface area contributed by atoms with Crippen molar-refractivity contribution >= 4 is 32.5 Å². The fourth-order valence-electron chi connectivity index (χ4n) is 1.47. The topological polar surface area (TPSA) is 52.6 Å². The fourth-order valence-corrected chi connectivity index (χ4v) is 3.34. The molecule has 0 N–H and O–H groups in total. The summed E-state index contributed by atoms with van der Waals surface area (Å²) in [7, 11) is -2.57. The van der Waals surface area contributed by atoms with Gasteiger partial charge in [0.05, 0.1) is 0 Å². The maximum Gasteiger partial charge on any atom is 0.483 e. The van der Waals surface area contributed by atoms with Crippen LogP contribution in [0, 0.1) is 0 Å². The van der Waals surface area contributed by atoms with Crippen molar-refractivity contribution in [3.63, 3.8) is 0 Å². The molecule has 0 saturated heterocycles. The van der Waals surface area contributed by atoms with Crippen molar-refractivity contribution in [3.05, 3.63) is 36.4 Å². The molecule has 1 aromatic carbocycles. The van der Waals surface area contributed by atoms with Crippen LogP contribution in [0.4, 0.5) is 0 Å². The highest BCUT2D eigenvalue weighted by Gasteiger charge is 2.26. The van der Waals surface area contributed by atoms with Gasteiger partial charge in [-0.1, -0.05) is 50.8 Å². The maximum absolute atomic E-state index is 11.5. The number of carbonyl (C=O) groups is 2. The van der Waals surface area contributed by atoms with E-state index >= 15 is 0 Å². The van der Waals surface area contributed by atoms with E-state index in [1.807, 2.05) is 18.2 Å². The SMILES string of the molecule is C=Cc1ccccc1[SiH](OC(=O)CC)OC(=O)CC. The van der Waals surface area contributed by atoms with Crippen LogP contribution >= 0.6 is 0 Å². The van der Waals surface area contributed by atoms with Gasteiger partial charge in [-0.3, -0.25) is 9.59 Å². The van der Waals surface area contributed by atoms with E-state index in [0.717, 1.165) is 10.8 Å². The van der Waals surface area contributed by atoms with Gasteiger partial charge in [-0.25, -0.2) is 0 Å². The number of benzene rings is 1. The molecule has 0 spiro atoms. The van der Waals surface area contributed by atoms with Gasteiger partial charge >= 0.3 is 9.28 Å². The number of rotatable bonds is 6. The first-order chi connectivity index (χ1) is 9.12. The Morgan fingerprint density at radius 3 is 2.16 bits per heavy atom. The predicted octanol–water partition coefficient (Wildman–Crippen LogP) is 1.66. The highest BCUT2D eigenvalue weighted by Crippen LogP contribution is 2.04. The first-order valence-corrected chi connectivity index (χ1v) is 7.74. The van der Waals surface area contributed by atoms with Crippen molar-refractivity contribution in [2.24, 2.45) is 0 Å². The van der Waals surface area contributed by atoms with Crippen LogP contribution in [-0.4, -0.2) is 21.2 Å². The Morgan fingerprint density at radius 2 is 1.68 bits per heavy atom. The van der Waals surface area contributed by atoms with Gasteiger partial charge in [0.15, 0.2) is 0 Å². The molecule has 0 aliphatic heterocycles. The molecule has 0 saturated carbocycles. The van der Waals surface area contributed by atoms with Crippen LogP contribution in [-0.2, 0) is 18.4 Å². The summed E-state index contributed by atoms with van der Waals surface area (Å²) in [6, 6.07) is 7.33. The van der Waals surface area contributed by atoms with Crippen molar-refractivity contribution in [1.82, 2.24) is 0 Å². The molecule has 1 rings (SSSR count). The average Bonchev–Trinajstić information content (AvgIpc) is 2.46. The van der Waals surface area contributed by atoms with E-state index < -0.39 is 9.28 Å². The third-order valence-corrected chi connectivity index (χ3v) is 4.51. The lowest BCUT2D eigenvalue weighted by atomic mass is 10.2. The normalized spacial score (nSPS) is 10.1. The summed E-state index contributed by atoms with van der Waals surface area (Å²) in [6.07, 6.45) is 2.17. The zero-order valence-electron chi connectivity index (χ0n) is 11.2. The van der Waals surface area contributed by atoms with E-state index in [4.69, 9.17) is 8.85 Å². The molecule has 0 radical (unpaired) electrons. The lowest BCUT2D eigenvalue weighted by molar-refractivity contribution is -0.139. The van der Waals surface area contributed by atoms with Crippen molar-refractivity contribution in [1.29, 1.82) is 0 Å². The molecule has 0 fully saturated rings. The zero-order chi connectivity index (χ0) is 14.3. The molecule has 5 heteroatoms. The minimum Gasteiger partial charge on any atom is -0.484 e. The molecule has 102 valence electrons. The van der Waals surface area contributed by atoms with Crippen molar-refractivity contribution < 1.29 is 18.4 Å². The Bertz CT molecular complexity index is 452. The zero-order valence-corrected chi connectivity index (χ0v) is 12.4. The Balaban J connectivity index is 3.03. The average molecular weight is 278 g/mol. The molecule has 0 heterocycles. The van der Waals surface area contributed by atoms with Gasteiger partial charge in [0.1, 0.15) is 0 Å². The van der Waals surface area contributed by atoms with E-state index in [1.54, 1.807) is 26.0 Å². The third kappa shape index (κ3) is 4.37. The second-order valence-electron chi connectivity index (χ2n) is 3.85. The molecular weight excluding hydrogens is 260 g/mol. The van der Waals surface area contributed by atoms with Gasteiger partial charge in [-0.2, -0.15) is 0 Å². The first-order valence-electron chi connectivity index (χ1n) is 6.22. The smallest absolute Gasteiger partial charge is 0.483 e. The molecule has 0 amide bonds. The lowest BCUT2D eigenvalue weighted by Crippen LogP contribution is -2.41. The molecule has 0 aliphatic rings. The third-order valence-electron chi connectivity index (χ3n) is 2.52. The molecule has 0 aromatic heterocycles. The summed E-state index contributed by atoms with van der Waals surface area (Å²) in [4.78, 5) is 22.9. The van der Waals surface area contributed by atoms with Crippen molar-refractivity contribution in [3.8, 4) is 0 Å². The van der Waals surface area contributed by atoms with Gasteiger partial charge in [0, 0.05) is 18.0 Å². The van der Waals surface area contributed by atoms with Crippen LogP contribution in [0.3, 0.4) is 0 Å². The number of hydrogen-bond donors (Lipinski definition) is 0. The van der Waals surface area contributed by atoms with E-state index in [0.29, 0.717) is 0 Å². The molecule has 4 nitrogen and oxygen atoms in total. The quantitative estimate of drug-likeness (QED) is 0.743. The Labute approximate surface area is 114 Å². The van der Waals surface area contributed by atoms with E-state index in [9.17, 15) is 9.59 Å². The minimum absolute atomic E-state index is 0.253. The van der Waals surface area contributed by atoms with Crippen molar-refractivity contribution in [2.45, 2.75) is 26.7 Å². The summed E-state index contributed by atoms with van der Waals surface area (Å²) < 4.78 is 10.6. The van der Waals surface area contributed by atoms with Crippen LogP contribution in [0.15, 0.2) is 30.8 Å². The molecule has 0 aliphatic carbocycles. The highest BCUT2D eigenvalue weighted by molar-refractivity contribution is 6.65. The van der Waals surface area contributed by atoms with Gasteiger partial charge in [-0.05, 0) is 5.56 Å². The summed E-state index contributed by atoms with van der Waals surface area (Å²) in [5.41, 5.74) is 0.826. The van der Waals surface area contributed by atoms with Crippen LogP contribution in [0.2, 0.25) is 0 Å². The summed E-state index contributed by atoms with van der Waals surface area (Å²) in [6.45, 7) is 7.12. The largest absolute Gasteiger partial charge is 0.484 e. The molecule has 19 heavy (non-hydrogen) atoms. The van der Waals surface area contributed by atoms with E-state index in [2.05, 4.69) is 6.58 Å². The number of carbonyl (C=O) groups excluding carboxylic acids is 2. The van der Waals surface area contributed by atoms with Gasteiger partial charge in [0.2, 0.25) is 0 Å². The second-order valence-corrected chi connectivity index (χ2v) is 5.61. The van der Waals surface area contributed by atoms with E-state index in [-0.39, 0.29) is 24.8 Å². The minimum atomic E-state index is -2.57. The maximum atomic E-state index is 11.5. The van der Waals surface area contributed by atoms with Crippen LogP contribution in [0.5, 0.6) is 0 Å². The second kappa shape index (κ2) is 7.53. The van der Waals surface area contributed by atoms with Gasteiger partial charge in [0.25, 0.3) is 11.9 Å². The number of hydrogen-bond acceptors (Lipinski definition) is 4. The van der Waals surface area contributed by atoms with Crippen LogP contribution < -0.4 is 5.19 Å². The molecule has 0 bridgehead atoms. The summed E-state index contributed by atoms with van der Waals surface area (Å²) in [5, 5.41) is 0.751. The molecular formula is C14H18O4Si. The van der Waals surface area contributed by atoms with E-state index in [1.165, 1.54) is 0 Å². The summed E-state index contributed by atoms with van der Waals surface area (Å²) in [5.74, 6) is -0.723. The van der Waals surface area contributed by atoms with Gasteiger partial charge in [-0.15, -0.1) is 0 Å². The lowest BCUT2D eigenvalue weighted by Gasteiger charge is -2.17. The summed E-state index contributed by atoms with van der Waals surface area (Å²) >= 11 is 0.